The smallest absolute Gasteiger partial charge is 0.165 e. The average molecular weight is 612 g/mol. The van der Waals surface area contributed by atoms with Gasteiger partial charge in [-0.15, -0.1) is 17.0 Å². The van der Waals surface area contributed by atoms with Gasteiger partial charge in [0.1, 0.15) is 11.5 Å². The molecule has 4 nitrogen and oxygen atoms in total. The van der Waals surface area contributed by atoms with Gasteiger partial charge < -0.3 is 14.4 Å². The second-order valence-corrected chi connectivity index (χ2v) is 10.0. The van der Waals surface area contributed by atoms with Crippen LogP contribution >= 0.6 is 40.3 Å². The van der Waals surface area contributed by atoms with Gasteiger partial charge in [-0.05, 0) is 71.6 Å². The molecule has 0 bridgehead atoms. The summed E-state index contributed by atoms with van der Waals surface area (Å²) >= 11 is 7.97. The van der Waals surface area contributed by atoms with Gasteiger partial charge in [0.15, 0.2) is 5.17 Å². The zero-order valence-electron chi connectivity index (χ0n) is 21.8. The predicted molar refractivity (Wildman–Crippen MR) is 167 cm³/mol. The van der Waals surface area contributed by atoms with Gasteiger partial charge in [-0.25, -0.2) is 4.99 Å². The highest BCUT2D eigenvalue weighted by Crippen LogP contribution is 2.28. The largest absolute Gasteiger partial charge is 0.497 e. The minimum atomic E-state index is 0. The molecule has 0 radical (unpaired) electrons. The number of hydrogen-bond acceptors (Lipinski definition) is 4. The van der Waals surface area contributed by atoms with Crippen molar-refractivity contribution in [2.75, 3.05) is 14.2 Å². The van der Waals surface area contributed by atoms with Crippen LogP contribution in [0.25, 0.3) is 0 Å². The molecule has 4 aromatic carbocycles. The van der Waals surface area contributed by atoms with Crippen molar-refractivity contribution in [1.82, 2.24) is 4.90 Å². The zero-order valence-corrected chi connectivity index (χ0v) is 25.0. The van der Waals surface area contributed by atoms with Crippen molar-refractivity contribution in [2.45, 2.75) is 25.8 Å². The Kier molecular flexibility index (Phi) is 11.6. The van der Waals surface area contributed by atoms with Crippen molar-refractivity contribution in [2.24, 2.45) is 4.99 Å². The third-order valence-corrected chi connectivity index (χ3v) is 7.24. The normalized spacial score (nSPS) is 11.0. The lowest BCUT2D eigenvalue weighted by Crippen LogP contribution is -2.28. The SMILES string of the molecule is Br.COc1ccc(CN(Cc2ccc(OC)cc2)C(=Nc2ccc(Cl)cc2C)SCc2ccccc2)cc1. The summed E-state index contributed by atoms with van der Waals surface area (Å²) < 4.78 is 10.7. The summed E-state index contributed by atoms with van der Waals surface area (Å²) in [6.07, 6.45) is 0. The van der Waals surface area contributed by atoms with Crippen LogP contribution in [-0.2, 0) is 18.8 Å². The number of ether oxygens (including phenoxy) is 2. The van der Waals surface area contributed by atoms with E-state index in [2.05, 4.69) is 53.4 Å². The highest BCUT2D eigenvalue weighted by Gasteiger charge is 2.16. The number of aliphatic imine (C=N–C) groups is 1. The number of aryl methyl sites for hydroxylation is 1. The summed E-state index contributed by atoms with van der Waals surface area (Å²) in [5.41, 5.74) is 5.56. The maximum absolute atomic E-state index is 6.24. The van der Waals surface area contributed by atoms with E-state index in [9.17, 15) is 0 Å². The van der Waals surface area contributed by atoms with E-state index in [0.717, 1.165) is 33.7 Å². The minimum absolute atomic E-state index is 0. The second kappa shape index (κ2) is 14.9. The number of methoxy groups -OCH3 is 2. The van der Waals surface area contributed by atoms with Crippen LogP contribution in [0.2, 0.25) is 5.02 Å². The molecule has 0 N–H and O–H groups in total. The summed E-state index contributed by atoms with van der Waals surface area (Å²) in [5, 5.41) is 1.66. The van der Waals surface area contributed by atoms with Gasteiger partial charge in [-0.1, -0.05) is 78.0 Å². The van der Waals surface area contributed by atoms with Crippen LogP contribution in [-0.4, -0.2) is 24.3 Å². The van der Waals surface area contributed by atoms with E-state index < -0.39 is 0 Å². The molecule has 0 atom stereocenters. The van der Waals surface area contributed by atoms with E-state index in [0.29, 0.717) is 18.1 Å². The molecule has 198 valence electrons. The van der Waals surface area contributed by atoms with Crippen LogP contribution in [0.15, 0.2) is 102 Å². The molecule has 38 heavy (non-hydrogen) atoms. The van der Waals surface area contributed by atoms with Gasteiger partial charge >= 0.3 is 0 Å². The lowest BCUT2D eigenvalue weighted by molar-refractivity contribution is 0.405. The maximum Gasteiger partial charge on any atom is 0.165 e. The quantitative estimate of drug-likeness (QED) is 0.140. The zero-order chi connectivity index (χ0) is 26.0. The summed E-state index contributed by atoms with van der Waals surface area (Å²) in [6, 6.07) is 32.7. The molecule has 0 heterocycles. The third-order valence-electron chi connectivity index (χ3n) is 5.92. The summed E-state index contributed by atoms with van der Waals surface area (Å²) in [4.78, 5) is 7.50. The fourth-order valence-electron chi connectivity index (χ4n) is 3.86. The van der Waals surface area contributed by atoms with Crippen molar-refractivity contribution >= 4 is 51.2 Å². The van der Waals surface area contributed by atoms with Crippen LogP contribution in [0.5, 0.6) is 11.5 Å². The molecule has 0 spiro atoms. The highest BCUT2D eigenvalue weighted by molar-refractivity contribution is 8.93. The third kappa shape index (κ3) is 8.55. The van der Waals surface area contributed by atoms with Crippen LogP contribution in [0.1, 0.15) is 22.3 Å². The molecule has 4 rings (SSSR count). The monoisotopic (exact) mass is 610 g/mol. The van der Waals surface area contributed by atoms with Gasteiger partial charge in [-0.3, -0.25) is 0 Å². The number of benzene rings is 4. The number of halogens is 2. The molecular weight excluding hydrogens is 580 g/mol. The first-order chi connectivity index (χ1) is 18.0. The number of hydrogen-bond donors (Lipinski definition) is 0. The maximum atomic E-state index is 6.24. The molecule has 7 heteroatoms. The van der Waals surface area contributed by atoms with Gasteiger partial charge in [-0.2, -0.15) is 0 Å². The Hall–Kier alpha value is -2.93. The Morgan fingerprint density at radius 2 is 1.32 bits per heavy atom. The first-order valence-electron chi connectivity index (χ1n) is 12.1. The Bertz CT molecular complexity index is 1270. The molecule has 0 unspecified atom stereocenters. The van der Waals surface area contributed by atoms with E-state index in [1.54, 1.807) is 26.0 Å². The molecule has 0 aromatic heterocycles. The van der Waals surface area contributed by atoms with Crippen molar-refractivity contribution < 1.29 is 9.47 Å². The summed E-state index contributed by atoms with van der Waals surface area (Å²) in [5.74, 6) is 2.50. The molecule has 0 aliphatic heterocycles. The van der Waals surface area contributed by atoms with Gasteiger partial charge in [0.25, 0.3) is 0 Å². The van der Waals surface area contributed by atoms with E-state index in [1.807, 2.05) is 55.5 Å². The van der Waals surface area contributed by atoms with Gasteiger partial charge in [0.05, 0.1) is 19.9 Å². The van der Waals surface area contributed by atoms with E-state index in [1.165, 1.54) is 16.7 Å². The van der Waals surface area contributed by atoms with Gasteiger partial charge in [0, 0.05) is 23.9 Å². The van der Waals surface area contributed by atoms with Crippen LogP contribution in [0, 0.1) is 6.92 Å². The fourth-order valence-corrected chi connectivity index (χ4v) is 5.05. The minimum Gasteiger partial charge on any atom is -0.497 e. The number of thioether (sulfide) groups is 1. The lowest BCUT2D eigenvalue weighted by atomic mass is 10.1. The topological polar surface area (TPSA) is 34.1 Å². The molecule has 0 aliphatic rings. The van der Waals surface area contributed by atoms with Gasteiger partial charge in [0.2, 0.25) is 0 Å². The van der Waals surface area contributed by atoms with E-state index >= 15 is 0 Å². The Morgan fingerprint density at radius 3 is 1.82 bits per heavy atom. The molecule has 0 aliphatic carbocycles. The first-order valence-corrected chi connectivity index (χ1v) is 13.4. The molecule has 4 aromatic rings. The van der Waals surface area contributed by atoms with Crippen molar-refractivity contribution in [3.8, 4) is 11.5 Å². The molecule has 0 fully saturated rings. The Balaban J connectivity index is 0.00000400. The number of nitrogens with zero attached hydrogens (tertiary/aromatic N) is 2. The lowest BCUT2D eigenvalue weighted by Gasteiger charge is -2.27. The summed E-state index contributed by atoms with van der Waals surface area (Å²) in [6.45, 7) is 3.44. The van der Waals surface area contributed by atoms with Crippen molar-refractivity contribution in [3.63, 3.8) is 0 Å². The average Bonchev–Trinajstić information content (AvgIpc) is 2.93. The second-order valence-electron chi connectivity index (χ2n) is 8.65. The van der Waals surface area contributed by atoms with E-state index in [4.69, 9.17) is 26.1 Å². The van der Waals surface area contributed by atoms with Crippen molar-refractivity contribution in [3.05, 3.63) is 124 Å². The standard InChI is InChI=1S/C31H31ClN2O2S.BrH/c1-23-19-27(32)13-18-30(23)33-31(37-22-26-7-5-4-6-8-26)34(20-24-9-14-28(35-2)15-10-24)21-25-11-16-29(36-3)17-12-25;/h4-19H,20-22H2,1-3H3;1H. The van der Waals surface area contributed by atoms with E-state index in [-0.39, 0.29) is 17.0 Å². The summed E-state index contributed by atoms with van der Waals surface area (Å²) in [7, 11) is 3.37. The number of rotatable bonds is 9. The first kappa shape index (κ1) is 29.6. The van der Waals surface area contributed by atoms with Crippen molar-refractivity contribution in [1.29, 1.82) is 0 Å². The van der Waals surface area contributed by atoms with Crippen LogP contribution in [0.3, 0.4) is 0 Å². The van der Waals surface area contributed by atoms with Crippen LogP contribution < -0.4 is 9.47 Å². The number of amidine groups is 1. The molecular formula is C31H32BrClN2O2S. The highest BCUT2D eigenvalue weighted by atomic mass is 79.9. The molecule has 0 saturated carbocycles. The molecule has 0 amide bonds. The molecule has 0 saturated heterocycles. The van der Waals surface area contributed by atoms with Crippen LogP contribution in [0.4, 0.5) is 5.69 Å². The Labute approximate surface area is 245 Å². The fraction of sp³-hybridized carbons (Fsp3) is 0.194. The Morgan fingerprint density at radius 1 is 0.763 bits per heavy atom. The predicted octanol–water partition coefficient (Wildman–Crippen LogP) is 8.87.